The fraction of sp³-hybridized carbons (Fsp3) is 0.500. The highest BCUT2D eigenvalue weighted by Gasteiger charge is 2.15. The Morgan fingerprint density at radius 3 is 2.63 bits per heavy atom. The van der Waals surface area contributed by atoms with Crippen LogP contribution in [0.5, 0.6) is 5.75 Å². The molecule has 0 atom stereocenters. The van der Waals surface area contributed by atoms with Crippen molar-refractivity contribution in [1.82, 2.24) is 4.90 Å². The second-order valence-corrected chi connectivity index (χ2v) is 5.61. The number of thioether (sulfide) groups is 1. The van der Waals surface area contributed by atoms with E-state index in [1.165, 1.54) is 0 Å². The summed E-state index contributed by atoms with van der Waals surface area (Å²) in [6, 6.07) is 7.15. The molecule has 0 aliphatic carbocycles. The van der Waals surface area contributed by atoms with Crippen LogP contribution < -0.4 is 0 Å². The van der Waals surface area contributed by atoms with Gasteiger partial charge >= 0.3 is 0 Å². The minimum absolute atomic E-state index is 0.231. The summed E-state index contributed by atoms with van der Waals surface area (Å²) in [5, 5.41) is 9.18. The molecule has 0 aromatic heterocycles. The Hall–Kier alpha value is -1.20. The highest BCUT2D eigenvalue weighted by atomic mass is 32.2. The largest absolute Gasteiger partial charge is 0.508 e. The van der Waals surface area contributed by atoms with Crippen molar-refractivity contribution in [1.29, 1.82) is 0 Å². The maximum atomic E-state index is 11.9. The molecule has 104 valence electrons. The Kier molecular flexibility index (Phi) is 5.54. The Bertz CT molecular complexity index is 402. The fourth-order valence-electron chi connectivity index (χ4n) is 1.93. The van der Waals surface area contributed by atoms with Gasteiger partial charge in [0, 0.05) is 24.4 Å². The minimum Gasteiger partial charge on any atom is -0.508 e. The summed E-state index contributed by atoms with van der Waals surface area (Å²) in [6.45, 7) is 2.77. The molecule has 0 saturated carbocycles. The smallest absolute Gasteiger partial charge is 0.222 e. The number of phenolic OH excluding ortho intramolecular Hbond substituents is 1. The number of aromatic hydroxyl groups is 1. The molecule has 0 unspecified atom stereocenters. The van der Waals surface area contributed by atoms with Crippen LogP contribution in [0.4, 0.5) is 0 Å². The summed E-state index contributed by atoms with van der Waals surface area (Å²) in [5.41, 5.74) is 0. The number of carbonyl (C=O) groups is 1. The predicted molar refractivity (Wildman–Crippen MR) is 75.5 cm³/mol. The van der Waals surface area contributed by atoms with E-state index < -0.39 is 0 Å². The van der Waals surface area contributed by atoms with Gasteiger partial charge in [-0.3, -0.25) is 4.79 Å². The third-order valence-corrected chi connectivity index (χ3v) is 4.10. The van der Waals surface area contributed by atoms with Gasteiger partial charge < -0.3 is 14.7 Å². The Labute approximate surface area is 117 Å². The van der Waals surface area contributed by atoms with Gasteiger partial charge in [0.25, 0.3) is 0 Å². The van der Waals surface area contributed by atoms with Crippen LogP contribution in [0, 0.1) is 0 Å². The van der Waals surface area contributed by atoms with Crippen molar-refractivity contribution in [3.05, 3.63) is 24.3 Å². The SMILES string of the molecule is O=C(CCCSc1ccc(O)cc1)N1CCOCC1. The second-order valence-electron chi connectivity index (χ2n) is 4.44. The van der Waals surface area contributed by atoms with Gasteiger partial charge in [-0.2, -0.15) is 0 Å². The summed E-state index contributed by atoms with van der Waals surface area (Å²) in [4.78, 5) is 14.9. The van der Waals surface area contributed by atoms with E-state index in [9.17, 15) is 9.90 Å². The monoisotopic (exact) mass is 281 g/mol. The molecule has 0 bridgehead atoms. The van der Waals surface area contributed by atoms with Crippen molar-refractivity contribution in [3.8, 4) is 5.75 Å². The summed E-state index contributed by atoms with van der Waals surface area (Å²) in [5.74, 6) is 1.43. The van der Waals surface area contributed by atoms with Gasteiger partial charge in [-0.15, -0.1) is 11.8 Å². The molecular formula is C14H19NO3S. The highest BCUT2D eigenvalue weighted by molar-refractivity contribution is 7.99. The number of benzene rings is 1. The van der Waals surface area contributed by atoms with Gasteiger partial charge in [0.05, 0.1) is 13.2 Å². The normalized spacial score (nSPS) is 15.5. The fourth-order valence-corrected chi connectivity index (χ4v) is 2.78. The number of hydrogen-bond acceptors (Lipinski definition) is 4. The first-order valence-corrected chi connectivity index (χ1v) is 7.51. The molecule has 1 N–H and O–H groups in total. The van der Waals surface area contributed by atoms with E-state index in [1.807, 2.05) is 17.0 Å². The molecule has 1 saturated heterocycles. The van der Waals surface area contributed by atoms with Crippen molar-refractivity contribution >= 4 is 17.7 Å². The average molecular weight is 281 g/mol. The number of amides is 1. The van der Waals surface area contributed by atoms with Crippen molar-refractivity contribution in [2.24, 2.45) is 0 Å². The van der Waals surface area contributed by atoms with E-state index in [1.54, 1.807) is 23.9 Å². The van der Waals surface area contributed by atoms with Crippen molar-refractivity contribution in [3.63, 3.8) is 0 Å². The number of phenols is 1. The molecule has 5 heteroatoms. The van der Waals surface area contributed by atoms with Crippen LogP contribution >= 0.6 is 11.8 Å². The molecule has 4 nitrogen and oxygen atoms in total. The summed E-state index contributed by atoms with van der Waals surface area (Å²) < 4.78 is 5.22. The second kappa shape index (κ2) is 7.40. The molecule has 1 fully saturated rings. The zero-order valence-electron chi connectivity index (χ0n) is 10.9. The topological polar surface area (TPSA) is 49.8 Å². The van der Waals surface area contributed by atoms with Crippen LogP contribution in [0.1, 0.15) is 12.8 Å². The maximum absolute atomic E-state index is 11.9. The Morgan fingerprint density at radius 1 is 1.26 bits per heavy atom. The number of ether oxygens (including phenoxy) is 1. The third kappa shape index (κ3) is 4.76. The molecule has 1 heterocycles. The highest BCUT2D eigenvalue weighted by Crippen LogP contribution is 2.21. The van der Waals surface area contributed by atoms with E-state index in [4.69, 9.17) is 4.74 Å². The molecule has 1 aromatic rings. The van der Waals surface area contributed by atoms with E-state index in [-0.39, 0.29) is 11.7 Å². The molecule has 2 rings (SSSR count). The first-order chi connectivity index (χ1) is 9.25. The minimum atomic E-state index is 0.231. The zero-order chi connectivity index (χ0) is 13.5. The molecule has 1 aliphatic heterocycles. The summed E-state index contributed by atoms with van der Waals surface area (Å²) >= 11 is 1.71. The van der Waals surface area contributed by atoms with Crippen molar-refractivity contribution in [2.75, 3.05) is 32.1 Å². The summed E-state index contributed by atoms with van der Waals surface area (Å²) in [7, 11) is 0. The van der Waals surface area contributed by atoms with E-state index >= 15 is 0 Å². The number of hydrogen-bond donors (Lipinski definition) is 1. The lowest BCUT2D eigenvalue weighted by Gasteiger charge is -2.26. The van der Waals surface area contributed by atoms with Crippen LogP contribution in [0.25, 0.3) is 0 Å². The van der Waals surface area contributed by atoms with E-state index in [0.29, 0.717) is 19.6 Å². The summed E-state index contributed by atoms with van der Waals surface area (Å²) in [6.07, 6.45) is 1.48. The first-order valence-electron chi connectivity index (χ1n) is 6.53. The number of morpholine rings is 1. The van der Waals surface area contributed by atoms with Crippen molar-refractivity contribution in [2.45, 2.75) is 17.7 Å². The number of nitrogens with zero attached hydrogens (tertiary/aromatic N) is 1. The molecule has 1 aliphatic rings. The lowest BCUT2D eigenvalue weighted by molar-refractivity contribution is -0.135. The Balaban J connectivity index is 1.63. The first kappa shape index (κ1) is 14.2. The lowest BCUT2D eigenvalue weighted by Crippen LogP contribution is -2.40. The maximum Gasteiger partial charge on any atom is 0.222 e. The average Bonchev–Trinajstić information content (AvgIpc) is 2.46. The van der Waals surface area contributed by atoms with Crippen molar-refractivity contribution < 1.29 is 14.6 Å². The molecule has 0 radical (unpaired) electrons. The number of carbonyl (C=O) groups excluding carboxylic acids is 1. The predicted octanol–water partition coefficient (Wildman–Crippen LogP) is 2.12. The van der Waals surface area contributed by atoms with Crippen LogP contribution in [0.2, 0.25) is 0 Å². The van der Waals surface area contributed by atoms with Gasteiger partial charge in [0.1, 0.15) is 5.75 Å². The van der Waals surface area contributed by atoms with Gasteiger partial charge in [-0.1, -0.05) is 0 Å². The lowest BCUT2D eigenvalue weighted by atomic mass is 10.3. The zero-order valence-corrected chi connectivity index (χ0v) is 11.7. The van der Waals surface area contributed by atoms with Crippen LogP contribution in [-0.2, 0) is 9.53 Å². The quantitative estimate of drug-likeness (QED) is 0.663. The van der Waals surface area contributed by atoms with Crippen LogP contribution in [0.3, 0.4) is 0 Å². The van der Waals surface area contributed by atoms with Gasteiger partial charge in [-0.25, -0.2) is 0 Å². The number of rotatable bonds is 5. The van der Waals surface area contributed by atoms with Crippen LogP contribution in [0.15, 0.2) is 29.2 Å². The Morgan fingerprint density at radius 2 is 1.95 bits per heavy atom. The van der Waals surface area contributed by atoms with Gasteiger partial charge in [-0.05, 0) is 36.4 Å². The van der Waals surface area contributed by atoms with Crippen LogP contribution in [-0.4, -0.2) is 48.0 Å². The van der Waals surface area contributed by atoms with E-state index in [0.717, 1.165) is 30.2 Å². The molecule has 0 spiro atoms. The standard InChI is InChI=1S/C14H19NO3S/c16-12-3-5-13(6-4-12)19-11-1-2-14(17)15-7-9-18-10-8-15/h3-6,16H,1-2,7-11H2. The van der Waals surface area contributed by atoms with Gasteiger partial charge in [0.2, 0.25) is 5.91 Å². The molecule has 19 heavy (non-hydrogen) atoms. The molecule has 1 amide bonds. The van der Waals surface area contributed by atoms with Gasteiger partial charge in [0.15, 0.2) is 0 Å². The van der Waals surface area contributed by atoms with E-state index in [2.05, 4.69) is 0 Å². The molecular weight excluding hydrogens is 262 g/mol. The third-order valence-electron chi connectivity index (χ3n) is 3.00. The molecule has 1 aromatic carbocycles.